The van der Waals surface area contributed by atoms with Gasteiger partial charge in [-0.15, -0.1) is 0 Å². The average Bonchev–Trinajstić information content (AvgIpc) is 2.31. The van der Waals surface area contributed by atoms with Crippen molar-refractivity contribution in [2.75, 3.05) is 27.3 Å². The Morgan fingerprint density at radius 1 is 1.29 bits per heavy atom. The molecule has 0 radical (unpaired) electrons. The van der Waals surface area contributed by atoms with E-state index in [1.54, 1.807) is 7.11 Å². The Kier molecular flexibility index (Phi) is 6.16. The van der Waals surface area contributed by atoms with Gasteiger partial charge in [-0.25, -0.2) is 4.39 Å². The number of rotatable bonds is 7. The van der Waals surface area contributed by atoms with Gasteiger partial charge in [0, 0.05) is 13.7 Å². The zero-order chi connectivity index (χ0) is 12.7. The van der Waals surface area contributed by atoms with Gasteiger partial charge in [-0.2, -0.15) is 0 Å². The van der Waals surface area contributed by atoms with Gasteiger partial charge in [0.1, 0.15) is 5.82 Å². The molecule has 96 valence electrons. The van der Waals surface area contributed by atoms with Gasteiger partial charge in [0.15, 0.2) is 0 Å². The summed E-state index contributed by atoms with van der Waals surface area (Å²) in [4.78, 5) is 0. The first-order valence-electron chi connectivity index (χ1n) is 6.05. The average molecular weight is 239 g/mol. The molecule has 0 bridgehead atoms. The van der Waals surface area contributed by atoms with Crippen LogP contribution in [-0.4, -0.2) is 27.3 Å². The SMILES string of the molecule is CNCC(Cc1ccc(F)cc1)C(C)COC. The Balaban J connectivity index is 2.62. The highest BCUT2D eigenvalue weighted by molar-refractivity contribution is 5.16. The van der Waals surface area contributed by atoms with E-state index in [-0.39, 0.29) is 5.82 Å². The molecular formula is C14H22FNO. The molecule has 1 aromatic carbocycles. The molecule has 0 aliphatic heterocycles. The Hall–Kier alpha value is -0.930. The third-order valence-corrected chi connectivity index (χ3v) is 3.11. The molecule has 0 aliphatic rings. The topological polar surface area (TPSA) is 21.3 Å². The van der Waals surface area contributed by atoms with Crippen molar-refractivity contribution in [1.82, 2.24) is 5.32 Å². The summed E-state index contributed by atoms with van der Waals surface area (Å²) in [5.74, 6) is 0.812. The van der Waals surface area contributed by atoms with Crippen LogP contribution in [0.5, 0.6) is 0 Å². The van der Waals surface area contributed by atoms with Gasteiger partial charge in [0.25, 0.3) is 0 Å². The Bertz CT molecular complexity index is 313. The molecule has 0 fully saturated rings. The second kappa shape index (κ2) is 7.41. The number of hydrogen-bond donors (Lipinski definition) is 1. The lowest BCUT2D eigenvalue weighted by molar-refractivity contribution is 0.129. The van der Waals surface area contributed by atoms with Crippen molar-refractivity contribution >= 4 is 0 Å². The maximum Gasteiger partial charge on any atom is 0.123 e. The van der Waals surface area contributed by atoms with Gasteiger partial charge >= 0.3 is 0 Å². The Morgan fingerprint density at radius 3 is 2.47 bits per heavy atom. The molecule has 3 heteroatoms. The van der Waals surface area contributed by atoms with Crippen LogP contribution in [0.25, 0.3) is 0 Å². The van der Waals surface area contributed by atoms with Crippen molar-refractivity contribution in [3.05, 3.63) is 35.6 Å². The van der Waals surface area contributed by atoms with Crippen molar-refractivity contribution in [1.29, 1.82) is 0 Å². The van der Waals surface area contributed by atoms with Crippen LogP contribution in [0.4, 0.5) is 4.39 Å². The number of ether oxygens (including phenoxy) is 1. The summed E-state index contributed by atoms with van der Waals surface area (Å²) in [6, 6.07) is 6.76. The van der Waals surface area contributed by atoms with Crippen molar-refractivity contribution in [3.8, 4) is 0 Å². The minimum atomic E-state index is -0.177. The number of hydrogen-bond acceptors (Lipinski definition) is 2. The lowest BCUT2D eigenvalue weighted by atomic mass is 9.88. The Labute approximate surface area is 103 Å². The molecule has 17 heavy (non-hydrogen) atoms. The summed E-state index contributed by atoms with van der Waals surface area (Å²) in [5, 5.41) is 3.21. The first kappa shape index (κ1) is 14.1. The molecule has 0 aromatic heterocycles. The summed E-state index contributed by atoms with van der Waals surface area (Å²) in [7, 11) is 3.68. The normalized spacial score (nSPS) is 14.6. The van der Waals surface area contributed by atoms with E-state index in [2.05, 4.69) is 12.2 Å². The summed E-state index contributed by atoms with van der Waals surface area (Å²) in [5.41, 5.74) is 1.18. The van der Waals surface area contributed by atoms with Crippen molar-refractivity contribution in [2.24, 2.45) is 11.8 Å². The van der Waals surface area contributed by atoms with Crippen molar-refractivity contribution in [3.63, 3.8) is 0 Å². The van der Waals surface area contributed by atoms with Crippen LogP contribution in [-0.2, 0) is 11.2 Å². The molecule has 2 nitrogen and oxygen atoms in total. The van der Waals surface area contributed by atoms with Gasteiger partial charge in [-0.1, -0.05) is 19.1 Å². The minimum Gasteiger partial charge on any atom is -0.384 e. The summed E-state index contributed by atoms with van der Waals surface area (Å²) in [6.45, 7) is 3.89. The van der Waals surface area contributed by atoms with Crippen LogP contribution >= 0.6 is 0 Å². The van der Waals surface area contributed by atoms with Gasteiger partial charge in [0.2, 0.25) is 0 Å². The van der Waals surface area contributed by atoms with Crippen molar-refractivity contribution in [2.45, 2.75) is 13.3 Å². The zero-order valence-corrected chi connectivity index (χ0v) is 10.9. The summed E-state index contributed by atoms with van der Waals surface area (Å²) < 4.78 is 18.0. The highest BCUT2D eigenvalue weighted by Crippen LogP contribution is 2.17. The highest BCUT2D eigenvalue weighted by atomic mass is 19.1. The van der Waals surface area contributed by atoms with E-state index in [4.69, 9.17) is 4.74 Å². The van der Waals surface area contributed by atoms with Gasteiger partial charge < -0.3 is 10.1 Å². The minimum absolute atomic E-state index is 0.177. The molecule has 2 atom stereocenters. The first-order chi connectivity index (χ1) is 8.17. The van der Waals surface area contributed by atoms with Crippen LogP contribution in [0, 0.1) is 17.7 Å². The molecule has 0 heterocycles. The number of nitrogens with one attached hydrogen (secondary N) is 1. The predicted molar refractivity (Wildman–Crippen MR) is 68.6 cm³/mol. The number of benzene rings is 1. The second-order valence-corrected chi connectivity index (χ2v) is 4.58. The number of methoxy groups -OCH3 is 1. The molecule has 0 amide bonds. The molecule has 0 saturated carbocycles. The molecule has 1 rings (SSSR count). The van der Waals surface area contributed by atoms with Crippen molar-refractivity contribution < 1.29 is 9.13 Å². The molecular weight excluding hydrogens is 217 g/mol. The van der Waals surface area contributed by atoms with E-state index < -0.39 is 0 Å². The van der Waals surface area contributed by atoms with Crippen LogP contribution in [0.1, 0.15) is 12.5 Å². The predicted octanol–water partition coefficient (Wildman–Crippen LogP) is 2.49. The number of halogens is 1. The fourth-order valence-corrected chi connectivity index (χ4v) is 2.06. The lowest BCUT2D eigenvalue weighted by Gasteiger charge is -2.23. The lowest BCUT2D eigenvalue weighted by Crippen LogP contribution is -2.28. The standard InChI is InChI=1S/C14H22FNO/c1-11(10-17-3)13(9-16-2)8-12-4-6-14(15)7-5-12/h4-7,11,13,16H,8-10H2,1-3H3. The molecule has 1 aromatic rings. The van der Waals surface area contributed by atoms with Gasteiger partial charge in [-0.3, -0.25) is 0 Å². The van der Waals surface area contributed by atoms with Gasteiger partial charge in [-0.05, 0) is 49.5 Å². The van der Waals surface area contributed by atoms with E-state index in [9.17, 15) is 4.39 Å². The quantitative estimate of drug-likeness (QED) is 0.789. The molecule has 2 unspecified atom stereocenters. The molecule has 0 saturated heterocycles. The fraction of sp³-hybridized carbons (Fsp3) is 0.571. The van der Waals surface area contributed by atoms with E-state index in [0.29, 0.717) is 11.8 Å². The maximum absolute atomic E-state index is 12.8. The summed E-state index contributed by atoms with van der Waals surface area (Å²) in [6.07, 6.45) is 0.950. The van der Waals surface area contributed by atoms with E-state index in [0.717, 1.165) is 19.6 Å². The molecule has 0 spiro atoms. The van der Waals surface area contributed by atoms with E-state index >= 15 is 0 Å². The fourth-order valence-electron chi connectivity index (χ4n) is 2.06. The Morgan fingerprint density at radius 2 is 1.94 bits per heavy atom. The second-order valence-electron chi connectivity index (χ2n) is 4.58. The van der Waals surface area contributed by atoms with Crippen LogP contribution in [0.2, 0.25) is 0 Å². The maximum atomic E-state index is 12.8. The molecule has 1 N–H and O–H groups in total. The summed E-state index contributed by atoms with van der Waals surface area (Å²) >= 11 is 0. The van der Waals surface area contributed by atoms with Crippen LogP contribution < -0.4 is 5.32 Å². The largest absolute Gasteiger partial charge is 0.384 e. The molecule has 0 aliphatic carbocycles. The third-order valence-electron chi connectivity index (χ3n) is 3.11. The smallest absolute Gasteiger partial charge is 0.123 e. The van der Waals surface area contributed by atoms with Crippen LogP contribution in [0.15, 0.2) is 24.3 Å². The van der Waals surface area contributed by atoms with Gasteiger partial charge in [0.05, 0.1) is 0 Å². The first-order valence-corrected chi connectivity index (χ1v) is 6.05. The third kappa shape index (κ3) is 4.84. The van der Waals surface area contributed by atoms with E-state index in [1.165, 1.54) is 17.7 Å². The monoisotopic (exact) mass is 239 g/mol. The van der Waals surface area contributed by atoms with Crippen LogP contribution in [0.3, 0.4) is 0 Å². The highest BCUT2D eigenvalue weighted by Gasteiger charge is 2.17. The van der Waals surface area contributed by atoms with E-state index in [1.807, 2.05) is 19.2 Å². The zero-order valence-electron chi connectivity index (χ0n) is 10.9.